The van der Waals surface area contributed by atoms with Gasteiger partial charge in [-0.1, -0.05) is 17.7 Å². The van der Waals surface area contributed by atoms with Crippen molar-refractivity contribution in [2.75, 3.05) is 5.32 Å². The number of amides is 1. The molecule has 0 fully saturated rings. The second-order valence-electron chi connectivity index (χ2n) is 6.49. The first-order valence-corrected chi connectivity index (χ1v) is 9.49. The molecule has 0 bridgehead atoms. The minimum Gasteiger partial charge on any atom is -0.444 e. The van der Waals surface area contributed by atoms with E-state index in [-0.39, 0.29) is 11.7 Å². The molecule has 0 saturated carbocycles. The summed E-state index contributed by atoms with van der Waals surface area (Å²) in [7, 11) is 0. The third-order valence-electron chi connectivity index (χ3n) is 4.36. The number of hydrogen-bond donors (Lipinski definition) is 1. The van der Waals surface area contributed by atoms with Gasteiger partial charge in [0, 0.05) is 16.8 Å². The molecule has 28 heavy (non-hydrogen) atoms. The molecular weight excluding hydrogens is 420 g/mol. The summed E-state index contributed by atoms with van der Waals surface area (Å²) in [5, 5.41) is 2.79. The first-order valence-electron chi connectivity index (χ1n) is 8.70. The van der Waals surface area contributed by atoms with E-state index in [9.17, 15) is 4.79 Å². The summed E-state index contributed by atoms with van der Waals surface area (Å²) < 4.78 is 11.4. The highest BCUT2D eigenvalue weighted by atomic mass is 79.9. The Labute approximate surface area is 170 Å². The standard InChI is InChI=1S/C22H17BrN2O3/c1-13-3-4-14(2)17(11-13)18-12-27-22(25-18)15-5-7-16(8-6-15)24-21(26)19-9-10-20(23)28-19/h3-12H,1-2H3,(H,24,26). The van der Waals surface area contributed by atoms with Gasteiger partial charge in [0.1, 0.15) is 12.0 Å². The minimum atomic E-state index is -0.313. The molecule has 140 valence electrons. The van der Waals surface area contributed by atoms with Gasteiger partial charge in [-0.3, -0.25) is 4.79 Å². The van der Waals surface area contributed by atoms with E-state index < -0.39 is 0 Å². The lowest BCUT2D eigenvalue weighted by atomic mass is 10.0. The summed E-state index contributed by atoms with van der Waals surface area (Å²) >= 11 is 3.18. The number of rotatable bonds is 4. The van der Waals surface area contributed by atoms with Gasteiger partial charge < -0.3 is 14.2 Å². The highest BCUT2D eigenvalue weighted by Crippen LogP contribution is 2.28. The van der Waals surface area contributed by atoms with Gasteiger partial charge in [-0.25, -0.2) is 4.98 Å². The molecule has 0 saturated heterocycles. The number of hydrogen-bond acceptors (Lipinski definition) is 4. The molecule has 0 aliphatic carbocycles. The van der Waals surface area contributed by atoms with Crippen molar-refractivity contribution in [1.29, 1.82) is 0 Å². The summed E-state index contributed by atoms with van der Waals surface area (Å²) in [6.07, 6.45) is 1.67. The molecule has 1 amide bonds. The van der Waals surface area contributed by atoms with Crippen molar-refractivity contribution in [2.45, 2.75) is 13.8 Å². The zero-order valence-electron chi connectivity index (χ0n) is 15.3. The molecule has 2 heterocycles. The Morgan fingerprint density at radius 2 is 1.82 bits per heavy atom. The molecule has 4 aromatic rings. The second kappa shape index (κ2) is 7.48. The van der Waals surface area contributed by atoms with Crippen LogP contribution in [0.25, 0.3) is 22.7 Å². The third kappa shape index (κ3) is 3.77. The summed E-state index contributed by atoms with van der Waals surface area (Å²) in [4.78, 5) is 16.8. The Morgan fingerprint density at radius 1 is 1.04 bits per heavy atom. The molecule has 0 spiro atoms. The number of nitrogens with zero attached hydrogens (tertiary/aromatic N) is 1. The Hall–Kier alpha value is -3.12. The van der Waals surface area contributed by atoms with Crippen LogP contribution in [0.4, 0.5) is 5.69 Å². The number of oxazole rings is 1. The largest absolute Gasteiger partial charge is 0.444 e. The fourth-order valence-corrected chi connectivity index (χ4v) is 3.17. The summed E-state index contributed by atoms with van der Waals surface area (Å²) in [5.74, 6) is 0.456. The van der Waals surface area contributed by atoms with Gasteiger partial charge in [-0.2, -0.15) is 0 Å². The molecule has 2 aromatic heterocycles. The predicted octanol–water partition coefficient (Wildman–Crippen LogP) is 6.23. The van der Waals surface area contributed by atoms with Gasteiger partial charge in [0.25, 0.3) is 5.91 Å². The first kappa shape index (κ1) is 18.3. The van der Waals surface area contributed by atoms with Crippen molar-refractivity contribution < 1.29 is 13.6 Å². The van der Waals surface area contributed by atoms with E-state index in [4.69, 9.17) is 8.83 Å². The first-order chi connectivity index (χ1) is 13.5. The van der Waals surface area contributed by atoms with Crippen LogP contribution in [0.1, 0.15) is 21.7 Å². The third-order valence-corrected chi connectivity index (χ3v) is 4.79. The molecule has 6 heteroatoms. The molecule has 0 unspecified atom stereocenters. The zero-order chi connectivity index (χ0) is 19.7. The Kier molecular flexibility index (Phi) is 4.88. The van der Waals surface area contributed by atoms with Gasteiger partial charge in [0.2, 0.25) is 5.89 Å². The summed E-state index contributed by atoms with van der Waals surface area (Å²) in [5.41, 5.74) is 5.67. The van der Waals surface area contributed by atoms with E-state index in [1.54, 1.807) is 30.5 Å². The lowest BCUT2D eigenvalue weighted by Gasteiger charge is -2.04. The van der Waals surface area contributed by atoms with Crippen molar-refractivity contribution in [3.63, 3.8) is 0 Å². The lowest BCUT2D eigenvalue weighted by Crippen LogP contribution is -2.10. The van der Waals surface area contributed by atoms with Crippen LogP contribution in [0.2, 0.25) is 0 Å². The quantitative estimate of drug-likeness (QED) is 0.411. The van der Waals surface area contributed by atoms with Gasteiger partial charge in [0.15, 0.2) is 10.4 Å². The molecule has 0 atom stereocenters. The number of aromatic nitrogens is 1. The molecule has 4 rings (SSSR count). The molecule has 0 aliphatic rings. The van der Waals surface area contributed by atoms with Crippen LogP contribution in [-0.4, -0.2) is 10.9 Å². The Balaban J connectivity index is 1.52. The van der Waals surface area contributed by atoms with E-state index in [2.05, 4.69) is 58.3 Å². The van der Waals surface area contributed by atoms with Crippen LogP contribution in [0.15, 0.2) is 74.4 Å². The van der Waals surface area contributed by atoms with E-state index in [0.29, 0.717) is 16.2 Å². The molecule has 0 aliphatic heterocycles. The number of furan rings is 1. The van der Waals surface area contributed by atoms with Crippen LogP contribution in [0, 0.1) is 13.8 Å². The fraction of sp³-hybridized carbons (Fsp3) is 0.0909. The maximum Gasteiger partial charge on any atom is 0.291 e. The lowest BCUT2D eigenvalue weighted by molar-refractivity contribution is 0.0995. The maximum absolute atomic E-state index is 12.1. The van der Waals surface area contributed by atoms with Gasteiger partial charge in [-0.15, -0.1) is 0 Å². The average molecular weight is 437 g/mol. The van der Waals surface area contributed by atoms with Crippen LogP contribution >= 0.6 is 15.9 Å². The van der Waals surface area contributed by atoms with E-state index >= 15 is 0 Å². The topological polar surface area (TPSA) is 68.3 Å². The fourth-order valence-electron chi connectivity index (χ4n) is 2.87. The minimum absolute atomic E-state index is 0.238. The normalized spacial score (nSPS) is 10.8. The van der Waals surface area contributed by atoms with Crippen LogP contribution < -0.4 is 5.32 Å². The number of aryl methyl sites for hydroxylation is 2. The van der Waals surface area contributed by atoms with Crippen molar-refractivity contribution >= 4 is 27.5 Å². The molecule has 2 aromatic carbocycles. The molecule has 1 N–H and O–H groups in total. The molecular formula is C22H17BrN2O3. The zero-order valence-corrected chi connectivity index (χ0v) is 16.9. The number of carbonyl (C=O) groups is 1. The second-order valence-corrected chi connectivity index (χ2v) is 7.27. The monoisotopic (exact) mass is 436 g/mol. The van der Waals surface area contributed by atoms with E-state index in [1.807, 2.05) is 12.1 Å². The van der Waals surface area contributed by atoms with Crippen LogP contribution in [0.3, 0.4) is 0 Å². The Morgan fingerprint density at radius 3 is 2.54 bits per heavy atom. The highest BCUT2D eigenvalue weighted by molar-refractivity contribution is 9.10. The smallest absolute Gasteiger partial charge is 0.291 e. The number of nitrogens with one attached hydrogen (secondary N) is 1. The molecule has 5 nitrogen and oxygen atoms in total. The highest BCUT2D eigenvalue weighted by Gasteiger charge is 2.13. The summed E-state index contributed by atoms with van der Waals surface area (Å²) in [6.45, 7) is 4.11. The van der Waals surface area contributed by atoms with Crippen molar-refractivity contribution in [1.82, 2.24) is 4.98 Å². The Bertz CT molecular complexity index is 1140. The van der Waals surface area contributed by atoms with Crippen LogP contribution in [-0.2, 0) is 0 Å². The predicted molar refractivity (Wildman–Crippen MR) is 111 cm³/mol. The number of halogens is 1. The van der Waals surface area contributed by atoms with Gasteiger partial charge in [-0.05, 0) is 77.8 Å². The number of anilines is 1. The maximum atomic E-state index is 12.1. The van der Waals surface area contributed by atoms with Crippen LogP contribution in [0.5, 0.6) is 0 Å². The van der Waals surface area contributed by atoms with Crippen molar-refractivity contribution in [3.8, 4) is 22.7 Å². The van der Waals surface area contributed by atoms with E-state index in [0.717, 1.165) is 22.4 Å². The number of carbonyl (C=O) groups excluding carboxylic acids is 1. The summed E-state index contributed by atoms with van der Waals surface area (Å²) in [6, 6.07) is 16.8. The van der Waals surface area contributed by atoms with Gasteiger partial charge >= 0.3 is 0 Å². The molecule has 0 radical (unpaired) electrons. The van der Waals surface area contributed by atoms with Crippen molar-refractivity contribution in [3.05, 3.63) is 82.4 Å². The van der Waals surface area contributed by atoms with Crippen molar-refractivity contribution in [2.24, 2.45) is 0 Å². The van der Waals surface area contributed by atoms with Gasteiger partial charge in [0.05, 0.1) is 0 Å². The number of benzene rings is 2. The average Bonchev–Trinajstić information content (AvgIpc) is 3.34. The SMILES string of the molecule is Cc1ccc(C)c(-c2coc(-c3ccc(NC(=O)c4ccc(Br)o4)cc3)n2)c1. The van der Waals surface area contributed by atoms with E-state index in [1.165, 1.54) is 5.56 Å².